The van der Waals surface area contributed by atoms with Gasteiger partial charge in [-0.3, -0.25) is 0 Å². The Hall–Kier alpha value is -1.75. The predicted molar refractivity (Wildman–Crippen MR) is 73.0 cm³/mol. The van der Waals surface area contributed by atoms with E-state index < -0.39 is 0 Å². The zero-order chi connectivity index (χ0) is 14.2. The number of aryl methyl sites for hydroxylation is 1. The smallest absolute Gasteiger partial charge is 0.167 e. The zero-order valence-corrected chi connectivity index (χ0v) is 11.7. The van der Waals surface area contributed by atoms with E-state index in [4.69, 9.17) is 5.73 Å². The van der Waals surface area contributed by atoms with Gasteiger partial charge in [-0.25, -0.2) is 4.39 Å². The van der Waals surface area contributed by atoms with E-state index in [0.717, 1.165) is 0 Å². The van der Waals surface area contributed by atoms with Crippen LogP contribution in [-0.2, 0) is 12.1 Å². The van der Waals surface area contributed by atoms with Gasteiger partial charge in [0.2, 0.25) is 0 Å². The van der Waals surface area contributed by atoms with Crippen molar-refractivity contribution in [3.05, 3.63) is 35.4 Å². The predicted octanol–water partition coefficient (Wildman–Crippen LogP) is 2.61. The Balaban J connectivity index is 2.70. The lowest BCUT2D eigenvalue weighted by Crippen LogP contribution is -2.26. The molecule has 0 bridgehead atoms. The molecule has 1 aromatic heterocycles. The van der Waals surface area contributed by atoms with E-state index in [2.05, 4.69) is 10.2 Å². The Bertz CT molecular complexity index is 596. The van der Waals surface area contributed by atoms with Gasteiger partial charge in [0, 0.05) is 5.54 Å². The molecule has 2 N–H and O–H groups in total. The number of hydrogen-bond donors (Lipinski definition) is 1. The fourth-order valence-corrected chi connectivity index (χ4v) is 2.15. The summed E-state index contributed by atoms with van der Waals surface area (Å²) in [5, 5.41) is 8.19. The molecule has 0 radical (unpaired) electrons. The molecule has 1 heterocycles. The molecule has 4 nitrogen and oxygen atoms in total. The van der Waals surface area contributed by atoms with Gasteiger partial charge >= 0.3 is 0 Å². The van der Waals surface area contributed by atoms with E-state index in [0.29, 0.717) is 22.8 Å². The SMILES string of the molecule is Cc1cccc(-c2nnc(CN)n2C(C)(C)C)c1F. The summed E-state index contributed by atoms with van der Waals surface area (Å²) in [6.07, 6.45) is 0. The van der Waals surface area contributed by atoms with Crippen molar-refractivity contribution >= 4 is 0 Å². The van der Waals surface area contributed by atoms with Gasteiger partial charge in [-0.2, -0.15) is 0 Å². The Morgan fingerprint density at radius 2 is 1.95 bits per heavy atom. The first kappa shape index (κ1) is 13.7. The molecule has 0 saturated carbocycles. The highest BCUT2D eigenvalue weighted by Crippen LogP contribution is 2.28. The second-order valence-corrected chi connectivity index (χ2v) is 5.59. The standard InChI is InChI=1S/C14H19FN4/c1-9-6-5-7-10(12(9)15)13-18-17-11(8-16)19(13)14(2,3)4/h5-7H,8,16H2,1-4H3. The second kappa shape index (κ2) is 4.74. The Morgan fingerprint density at radius 3 is 2.53 bits per heavy atom. The van der Waals surface area contributed by atoms with Gasteiger partial charge in [0.25, 0.3) is 0 Å². The van der Waals surface area contributed by atoms with Gasteiger partial charge in [-0.15, -0.1) is 10.2 Å². The zero-order valence-electron chi connectivity index (χ0n) is 11.7. The third-order valence-electron chi connectivity index (χ3n) is 3.02. The van der Waals surface area contributed by atoms with E-state index >= 15 is 0 Å². The largest absolute Gasteiger partial charge is 0.324 e. The number of nitrogens with zero attached hydrogens (tertiary/aromatic N) is 3. The van der Waals surface area contributed by atoms with Gasteiger partial charge in [-0.05, 0) is 39.3 Å². The van der Waals surface area contributed by atoms with Crippen molar-refractivity contribution in [2.75, 3.05) is 0 Å². The molecule has 0 aliphatic heterocycles. The van der Waals surface area contributed by atoms with Crippen LogP contribution >= 0.6 is 0 Å². The lowest BCUT2D eigenvalue weighted by molar-refractivity contribution is 0.386. The fourth-order valence-electron chi connectivity index (χ4n) is 2.15. The fraction of sp³-hybridized carbons (Fsp3) is 0.429. The van der Waals surface area contributed by atoms with Crippen LogP contribution in [0.15, 0.2) is 18.2 Å². The minimum absolute atomic E-state index is 0.260. The normalized spacial score (nSPS) is 11.9. The monoisotopic (exact) mass is 262 g/mol. The minimum Gasteiger partial charge on any atom is -0.324 e. The van der Waals surface area contributed by atoms with Crippen LogP contribution in [0.1, 0.15) is 32.2 Å². The van der Waals surface area contributed by atoms with Gasteiger partial charge in [0.1, 0.15) is 11.6 Å². The summed E-state index contributed by atoms with van der Waals surface area (Å²) in [4.78, 5) is 0. The van der Waals surface area contributed by atoms with Crippen molar-refractivity contribution in [1.29, 1.82) is 0 Å². The minimum atomic E-state index is -0.260. The number of hydrogen-bond acceptors (Lipinski definition) is 3. The van der Waals surface area contributed by atoms with Crippen LogP contribution in [0, 0.1) is 12.7 Å². The van der Waals surface area contributed by atoms with Gasteiger partial charge in [-0.1, -0.05) is 12.1 Å². The molecular formula is C14H19FN4. The molecule has 0 aliphatic rings. The van der Waals surface area contributed by atoms with Crippen LogP contribution in [0.4, 0.5) is 4.39 Å². The first-order valence-corrected chi connectivity index (χ1v) is 6.26. The maximum absolute atomic E-state index is 14.3. The third-order valence-corrected chi connectivity index (χ3v) is 3.02. The highest BCUT2D eigenvalue weighted by Gasteiger charge is 2.24. The molecule has 5 heteroatoms. The average Bonchev–Trinajstić information content (AvgIpc) is 2.76. The Labute approximate surface area is 112 Å². The van der Waals surface area contributed by atoms with E-state index in [-0.39, 0.29) is 17.9 Å². The number of rotatable bonds is 2. The van der Waals surface area contributed by atoms with Crippen LogP contribution < -0.4 is 5.73 Å². The lowest BCUT2D eigenvalue weighted by atomic mass is 10.1. The summed E-state index contributed by atoms with van der Waals surface area (Å²) in [7, 11) is 0. The molecule has 102 valence electrons. The molecule has 2 rings (SSSR count). The Morgan fingerprint density at radius 1 is 1.26 bits per heavy atom. The highest BCUT2D eigenvalue weighted by molar-refractivity contribution is 5.58. The van der Waals surface area contributed by atoms with E-state index in [1.165, 1.54) is 0 Å². The number of halogens is 1. The second-order valence-electron chi connectivity index (χ2n) is 5.59. The van der Waals surface area contributed by atoms with Crippen molar-refractivity contribution < 1.29 is 4.39 Å². The van der Waals surface area contributed by atoms with Crippen LogP contribution in [0.5, 0.6) is 0 Å². The summed E-state index contributed by atoms with van der Waals surface area (Å²) in [5.41, 5.74) is 6.48. The molecule has 0 saturated heterocycles. The molecule has 0 fully saturated rings. The van der Waals surface area contributed by atoms with Crippen molar-refractivity contribution in [3.63, 3.8) is 0 Å². The first-order valence-electron chi connectivity index (χ1n) is 6.26. The summed E-state index contributed by atoms with van der Waals surface area (Å²) in [6, 6.07) is 5.27. The molecule has 0 unspecified atom stereocenters. The topological polar surface area (TPSA) is 56.7 Å². The highest BCUT2D eigenvalue weighted by atomic mass is 19.1. The molecule has 0 spiro atoms. The van der Waals surface area contributed by atoms with E-state index in [9.17, 15) is 4.39 Å². The molecule has 0 aliphatic carbocycles. The molecule has 2 aromatic rings. The van der Waals surface area contributed by atoms with Crippen molar-refractivity contribution in [2.24, 2.45) is 5.73 Å². The first-order chi connectivity index (χ1) is 8.86. The van der Waals surface area contributed by atoms with Crippen LogP contribution in [0.25, 0.3) is 11.4 Å². The van der Waals surface area contributed by atoms with Crippen molar-refractivity contribution in [1.82, 2.24) is 14.8 Å². The number of nitrogens with two attached hydrogens (primary N) is 1. The lowest BCUT2D eigenvalue weighted by Gasteiger charge is -2.25. The molecule has 19 heavy (non-hydrogen) atoms. The maximum atomic E-state index is 14.3. The Kier molecular flexibility index (Phi) is 3.41. The van der Waals surface area contributed by atoms with Crippen LogP contribution in [-0.4, -0.2) is 14.8 Å². The molecule has 0 amide bonds. The summed E-state index contributed by atoms with van der Waals surface area (Å²) in [5.74, 6) is 0.918. The summed E-state index contributed by atoms with van der Waals surface area (Å²) >= 11 is 0. The molecular weight excluding hydrogens is 243 g/mol. The quantitative estimate of drug-likeness (QED) is 0.905. The maximum Gasteiger partial charge on any atom is 0.167 e. The molecule has 0 atom stereocenters. The molecule has 1 aromatic carbocycles. The summed E-state index contributed by atoms with van der Waals surface area (Å²) < 4.78 is 16.2. The van der Waals surface area contributed by atoms with Crippen LogP contribution in [0.3, 0.4) is 0 Å². The van der Waals surface area contributed by atoms with Gasteiger partial charge in [0.15, 0.2) is 5.82 Å². The van der Waals surface area contributed by atoms with Gasteiger partial charge < -0.3 is 10.3 Å². The van der Waals surface area contributed by atoms with Crippen molar-refractivity contribution in [3.8, 4) is 11.4 Å². The van der Waals surface area contributed by atoms with Crippen molar-refractivity contribution in [2.45, 2.75) is 39.8 Å². The van der Waals surface area contributed by atoms with E-state index in [1.54, 1.807) is 19.1 Å². The van der Waals surface area contributed by atoms with E-state index in [1.807, 2.05) is 31.4 Å². The third kappa shape index (κ3) is 2.38. The number of benzene rings is 1. The van der Waals surface area contributed by atoms with Crippen LogP contribution in [0.2, 0.25) is 0 Å². The van der Waals surface area contributed by atoms with Gasteiger partial charge in [0.05, 0.1) is 12.1 Å². The summed E-state index contributed by atoms with van der Waals surface area (Å²) in [6.45, 7) is 8.07. The number of aromatic nitrogens is 3. The average molecular weight is 262 g/mol.